The molecule has 0 aromatic heterocycles. The summed E-state index contributed by atoms with van der Waals surface area (Å²) in [6, 6.07) is 6.68. The van der Waals surface area contributed by atoms with Gasteiger partial charge in [-0.15, -0.1) is 0 Å². The van der Waals surface area contributed by atoms with E-state index in [0.717, 1.165) is 10.5 Å². The van der Waals surface area contributed by atoms with Crippen molar-refractivity contribution < 1.29 is 27.5 Å². The molecule has 0 aliphatic carbocycles. The van der Waals surface area contributed by atoms with E-state index in [1.165, 1.54) is 6.92 Å². The molecule has 0 radical (unpaired) electrons. The predicted molar refractivity (Wildman–Crippen MR) is 89.5 cm³/mol. The number of imide groups is 1. The molecule has 0 spiro atoms. The van der Waals surface area contributed by atoms with Crippen molar-refractivity contribution in [1.82, 2.24) is 4.90 Å². The Morgan fingerprint density at radius 1 is 1.41 bits per heavy atom. The van der Waals surface area contributed by atoms with E-state index in [2.05, 4.69) is 10.0 Å². The van der Waals surface area contributed by atoms with Gasteiger partial charge in [0, 0.05) is 11.3 Å². The van der Waals surface area contributed by atoms with E-state index in [1.807, 2.05) is 6.07 Å². The van der Waals surface area contributed by atoms with Crippen LogP contribution in [0.3, 0.4) is 0 Å². The zero-order chi connectivity index (χ0) is 20.0. The molecule has 2 rings (SSSR count). The summed E-state index contributed by atoms with van der Waals surface area (Å²) < 4.78 is 43.4. The van der Waals surface area contributed by atoms with Gasteiger partial charge in [-0.05, 0) is 23.4 Å². The second-order valence-corrected chi connectivity index (χ2v) is 6.27. The van der Waals surface area contributed by atoms with E-state index in [-0.39, 0.29) is 19.4 Å². The summed E-state index contributed by atoms with van der Waals surface area (Å²) in [5.41, 5.74) is 9.56. The first-order chi connectivity index (χ1) is 12.8. The molecule has 27 heavy (non-hydrogen) atoms. The molecule has 1 fully saturated rings. The summed E-state index contributed by atoms with van der Waals surface area (Å²) in [4.78, 5) is 28.2. The number of cyclic esters (lactones) is 1. The molecule has 0 saturated carbocycles. The summed E-state index contributed by atoms with van der Waals surface area (Å²) in [6.07, 6.45) is -6.51. The number of rotatable bonds is 7. The molecule has 1 unspecified atom stereocenters. The van der Waals surface area contributed by atoms with Gasteiger partial charge in [0.05, 0.1) is 6.04 Å². The largest absolute Gasteiger partial charge is 0.447 e. The second-order valence-electron chi connectivity index (χ2n) is 6.27. The lowest BCUT2D eigenvalue weighted by Crippen LogP contribution is -2.47. The van der Waals surface area contributed by atoms with Crippen LogP contribution in [0.5, 0.6) is 0 Å². The smallest absolute Gasteiger partial charge is 0.416 e. The topological polar surface area (TPSA) is 95.4 Å². The molecular weight excluding hydrogens is 365 g/mol. The number of azide groups is 1. The van der Waals surface area contributed by atoms with Crippen molar-refractivity contribution in [2.75, 3.05) is 6.61 Å². The van der Waals surface area contributed by atoms with Gasteiger partial charge in [0.2, 0.25) is 5.91 Å². The van der Waals surface area contributed by atoms with Crippen molar-refractivity contribution in [3.8, 4) is 0 Å². The number of carbonyl (C=O) groups excluding carboxylic acids is 2. The number of amides is 2. The van der Waals surface area contributed by atoms with E-state index in [0.29, 0.717) is 0 Å². The van der Waals surface area contributed by atoms with E-state index in [1.54, 1.807) is 24.3 Å². The highest BCUT2D eigenvalue weighted by molar-refractivity contribution is 5.96. The lowest BCUT2D eigenvalue weighted by molar-refractivity contribution is -0.150. The molecule has 0 N–H and O–H groups in total. The second kappa shape index (κ2) is 8.77. The Balaban J connectivity index is 2.25. The van der Waals surface area contributed by atoms with Gasteiger partial charge in [-0.3, -0.25) is 4.79 Å². The predicted octanol–water partition coefficient (Wildman–Crippen LogP) is 4.23. The highest BCUT2D eigenvalue weighted by atomic mass is 19.4. The van der Waals surface area contributed by atoms with Crippen LogP contribution in [0.25, 0.3) is 10.4 Å². The number of carbonyl (C=O) groups is 2. The van der Waals surface area contributed by atoms with Crippen molar-refractivity contribution in [3.05, 3.63) is 46.3 Å². The standard InChI is InChI=1S/C17H19F3N4O3/c1-2-12(9-17(18,19)20)14(22-23-21)15(25)24-13(10-27-16(24)26)8-11-6-4-3-5-7-11/h3-7,12-14H,2,8-10H2,1H3/t12-,13+,14?/m0/s1. The third-order valence-corrected chi connectivity index (χ3v) is 4.41. The van der Waals surface area contributed by atoms with E-state index in [9.17, 15) is 22.8 Å². The number of hydrogen-bond donors (Lipinski definition) is 0. The van der Waals surface area contributed by atoms with Crippen LogP contribution in [-0.2, 0) is 16.0 Å². The van der Waals surface area contributed by atoms with Gasteiger partial charge < -0.3 is 4.74 Å². The molecule has 1 aromatic rings. The minimum Gasteiger partial charge on any atom is -0.447 e. The SMILES string of the molecule is CC[C@@H](CC(F)(F)F)C(N=[N+]=[N-])C(=O)N1C(=O)OC[C@H]1Cc1ccccc1. The Morgan fingerprint density at radius 2 is 2.07 bits per heavy atom. The number of alkyl halides is 3. The Kier molecular flexibility index (Phi) is 6.68. The highest BCUT2D eigenvalue weighted by Crippen LogP contribution is 2.31. The fraction of sp³-hybridized carbons (Fsp3) is 0.529. The van der Waals surface area contributed by atoms with Gasteiger partial charge in [0.25, 0.3) is 0 Å². The maximum absolute atomic E-state index is 12.8. The fourth-order valence-corrected chi connectivity index (χ4v) is 3.09. The Hall–Kier alpha value is -2.74. The number of benzene rings is 1. The number of nitrogens with zero attached hydrogens (tertiary/aromatic N) is 4. The Bertz CT molecular complexity index is 720. The lowest BCUT2D eigenvalue weighted by atomic mass is 9.92. The minimum atomic E-state index is -4.53. The van der Waals surface area contributed by atoms with Crippen LogP contribution in [0, 0.1) is 5.92 Å². The third kappa shape index (κ3) is 5.37. The van der Waals surface area contributed by atoms with Crippen LogP contribution in [0.2, 0.25) is 0 Å². The molecule has 1 saturated heterocycles. The molecule has 1 aromatic carbocycles. The summed E-state index contributed by atoms with van der Waals surface area (Å²) in [5, 5.41) is 3.28. The van der Waals surface area contributed by atoms with Crippen molar-refractivity contribution in [1.29, 1.82) is 0 Å². The molecule has 7 nitrogen and oxygen atoms in total. The van der Waals surface area contributed by atoms with Gasteiger partial charge in [-0.2, -0.15) is 13.2 Å². The maximum Gasteiger partial charge on any atom is 0.416 e. The van der Waals surface area contributed by atoms with Crippen LogP contribution < -0.4 is 0 Å². The molecule has 2 amide bonds. The normalized spacial score (nSPS) is 19.2. The summed E-state index contributed by atoms with van der Waals surface area (Å²) >= 11 is 0. The zero-order valence-corrected chi connectivity index (χ0v) is 14.6. The summed E-state index contributed by atoms with van der Waals surface area (Å²) in [5.74, 6) is -2.23. The van der Waals surface area contributed by atoms with Crippen LogP contribution in [0.1, 0.15) is 25.3 Å². The van der Waals surface area contributed by atoms with E-state index >= 15 is 0 Å². The Morgan fingerprint density at radius 3 is 2.63 bits per heavy atom. The highest BCUT2D eigenvalue weighted by Gasteiger charge is 2.44. The number of ether oxygens (including phenoxy) is 1. The van der Waals surface area contributed by atoms with Crippen LogP contribution in [0.4, 0.5) is 18.0 Å². The molecular formula is C17H19F3N4O3. The van der Waals surface area contributed by atoms with Gasteiger partial charge >= 0.3 is 12.3 Å². The average Bonchev–Trinajstić information content (AvgIpc) is 2.97. The van der Waals surface area contributed by atoms with Crippen molar-refractivity contribution in [3.63, 3.8) is 0 Å². The van der Waals surface area contributed by atoms with Gasteiger partial charge in [-0.25, -0.2) is 9.69 Å². The maximum atomic E-state index is 12.8. The fourth-order valence-electron chi connectivity index (χ4n) is 3.09. The minimum absolute atomic E-state index is 0.0405. The quantitative estimate of drug-likeness (QED) is 0.400. The first kappa shape index (κ1) is 20.6. The molecule has 146 valence electrons. The molecule has 1 aliphatic rings. The lowest BCUT2D eigenvalue weighted by Gasteiger charge is -2.27. The van der Waals surface area contributed by atoms with Gasteiger partial charge in [-0.1, -0.05) is 48.8 Å². The van der Waals surface area contributed by atoms with E-state index < -0.39 is 42.6 Å². The van der Waals surface area contributed by atoms with Crippen molar-refractivity contribution >= 4 is 12.0 Å². The van der Waals surface area contributed by atoms with Crippen LogP contribution in [-0.4, -0.2) is 41.8 Å². The van der Waals surface area contributed by atoms with Crippen LogP contribution in [0.15, 0.2) is 35.4 Å². The first-order valence-corrected chi connectivity index (χ1v) is 8.41. The average molecular weight is 384 g/mol. The van der Waals surface area contributed by atoms with Crippen molar-refractivity contribution in [2.24, 2.45) is 11.0 Å². The molecule has 0 bridgehead atoms. The molecule has 1 heterocycles. The molecule has 1 aliphatic heterocycles. The first-order valence-electron chi connectivity index (χ1n) is 8.41. The summed E-state index contributed by atoms with van der Waals surface area (Å²) in [6.45, 7) is 1.39. The Labute approximate surface area is 153 Å². The van der Waals surface area contributed by atoms with Gasteiger partial charge in [0.15, 0.2) is 0 Å². The summed E-state index contributed by atoms with van der Waals surface area (Å²) in [7, 11) is 0. The number of hydrogen-bond acceptors (Lipinski definition) is 4. The molecule has 10 heteroatoms. The number of halogens is 3. The van der Waals surface area contributed by atoms with Gasteiger partial charge in [0.1, 0.15) is 12.6 Å². The van der Waals surface area contributed by atoms with Crippen LogP contribution >= 0.6 is 0 Å². The van der Waals surface area contributed by atoms with E-state index in [4.69, 9.17) is 10.3 Å². The molecule has 3 atom stereocenters. The monoisotopic (exact) mass is 384 g/mol. The van der Waals surface area contributed by atoms with Crippen molar-refractivity contribution in [2.45, 2.75) is 44.4 Å². The zero-order valence-electron chi connectivity index (χ0n) is 14.6. The third-order valence-electron chi connectivity index (χ3n) is 4.41.